The van der Waals surface area contributed by atoms with E-state index in [4.69, 9.17) is 4.63 Å². The summed E-state index contributed by atoms with van der Waals surface area (Å²) in [7, 11) is 0. The molecule has 3 rings (SSSR count). The van der Waals surface area contributed by atoms with Crippen LogP contribution in [-0.4, -0.2) is 10.3 Å². The van der Waals surface area contributed by atoms with Gasteiger partial charge in [-0.1, -0.05) is 39.8 Å². The number of aryl methyl sites for hydroxylation is 1. The Bertz CT molecular complexity index is 613. The first-order chi connectivity index (χ1) is 9.34. The Kier molecular flexibility index (Phi) is 6.22. The third kappa shape index (κ3) is 3.41. The van der Waals surface area contributed by atoms with Crippen molar-refractivity contribution in [2.75, 3.05) is 0 Å². The van der Waals surface area contributed by atoms with Crippen molar-refractivity contribution in [1.82, 2.24) is 10.3 Å². The summed E-state index contributed by atoms with van der Waals surface area (Å²) in [6, 6.07) is 10.1. The van der Waals surface area contributed by atoms with Gasteiger partial charge in [-0.3, -0.25) is 0 Å². The molecule has 0 aliphatic carbocycles. The molecular formula is C15H20N2OS. The van der Waals surface area contributed by atoms with E-state index in [1.807, 2.05) is 45.9 Å². The molecule has 3 aromatic rings. The molecule has 1 aromatic carbocycles. The van der Waals surface area contributed by atoms with Crippen LogP contribution in [-0.2, 0) is 0 Å². The van der Waals surface area contributed by atoms with E-state index in [1.165, 1.54) is 9.75 Å². The second-order valence-electron chi connectivity index (χ2n) is 3.35. The number of thiophene rings is 1. The topological polar surface area (TPSA) is 38.9 Å². The zero-order valence-electron chi connectivity index (χ0n) is 12.1. The molecule has 0 saturated carbocycles. The van der Waals surface area contributed by atoms with Gasteiger partial charge >= 0.3 is 0 Å². The molecule has 0 N–H and O–H groups in total. The number of rotatable bonds is 1. The smallest absolute Gasteiger partial charge is 0.143 e. The molecule has 102 valence electrons. The van der Waals surface area contributed by atoms with Crippen molar-refractivity contribution in [3.63, 3.8) is 0 Å². The van der Waals surface area contributed by atoms with Crippen LogP contribution >= 0.6 is 11.3 Å². The van der Waals surface area contributed by atoms with Gasteiger partial charge in [-0.25, -0.2) is 4.63 Å². The lowest BCUT2D eigenvalue weighted by Crippen LogP contribution is -1.75. The summed E-state index contributed by atoms with van der Waals surface area (Å²) in [6.45, 7) is 10.1. The summed E-state index contributed by atoms with van der Waals surface area (Å²) in [4.78, 5) is 2.49. The van der Waals surface area contributed by atoms with Gasteiger partial charge in [0.25, 0.3) is 0 Å². The maximum absolute atomic E-state index is 4.74. The molecule has 3 nitrogen and oxygen atoms in total. The molecule has 0 saturated heterocycles. The third-order valence-electron chi connectivity index (χ3n) is 2.29. The molecule has 0 spiro atoms. The van der Waals surface area contributed by atoms with E-state index in [0.717, 1.165) is 16.6 Å². The summed E-state index contributed by atoms with van der Waals surface area (Å²) in [5.41, 5.74) is 2.73. The molecule has 4 heteroatoms. The van der Waals surface area contributed by atoms with E-state index in [1.54, 1.807) is 11.3 Å². The quantitative estimate of drug-likeness (QED) is 0.604. The fourth-order valence-electron chi connectivity index (χ4n) is 1.58. The molecule has 2 heterocycles. The first kappa shape index (κ1) is 15.4. The minimum Gasteiger partial charge on any atom is -0.243 e. The Morgan fingerprint density at radius 2 is 1.68 bits per heavy atom. The lowest BCUT2D eigenvalue weighted by atomic mass is 10.1. The minimum atomic E-state index is 0.804. The summed E-state index contributed by atoms with van der Waals surface area (Å²) >= 11 is 1.75. The van der Waals surface area contributed by atoms with E-state index in [2.05, 4.69) is 29.4 Å². The van der Waals surface area contributed by atoms with Gasteiger partial charge in [-0.15, -0.1) is 11.3 Å². The molecule has 0 fully saturated rings. The molecule has 0 atom stereocenters. The second-order valence-corrected chi connectivity index (χ2v) is 4.64. The molecule has 19 heavy (non-hydrogen) atoms. The predicted octanol–water partition coefficient (Wildman–Crippen LogP) is 5.31. The number of nitrogens with zero attached hydrogens (tertiary/aromatic N) is 2. The fourth-order valence-corrected chi connectivity index (χ4v) is 2.48. The largest absolute Gasteiger partial charge is 0.243 e. The van der Waals surface area contributed by atoms with E-state index in [0.29, 0.717) is 0 Å². The van der Waals surface area contributed by atoms with E-state index >= 15 is 0 Å². The predicted molar refractivity (Wildman–Crippen MR) is 82.6 cm³/mol. The highest BCUT2D eigenvalue weighted by Crippen LogP contribution is 2.31. The Morgan fingerprint density at radius 3 is 2.32 bits per heavy atom. The average Bonchev–Trinajstić information content (AvgIpc) is 3.11. The van der Waals surface area contributed by atoms with Crippen LogP contribution in [0, 0.1) is 6.92 Å². The molecule has 0 amide bonds. The molecule has 0 radical (unpaired) electrons. The maximum Gasteiger partial charge on any atom is 0.143 e. The highest BCUT2D eigenvalue weighted by atomic mass is 32.1. The number of hydrogen-bond donors (Lipinski definition) is 0. The normalized spacial score (nSPS) is 9.32. The number of fused-ring (bicyclic) bond motifs is 1. The molecule has 0 unspecified atom stereocenters. The van der Waals surface area contributed by atoms with Gasteiger partial charge in [0.05, 0.1) is 0 Å². The summed E-state index contributed by atoms with van der Waals surface area (Å²) in [5.74, 6) is 0. The zero-order chi connectivity index (χ0) is 14.3. The first-order valence-electron chi connectivity index (χ1n) is 6.63. The Balaban J connectivity index is 0.000000415. The van der Waals surface area contributed by atoms with Crippen molar-refractivity contribution in [3.8, 4) is 10.4 Å². The number of hydrogen-bond acceptors (Lipinski definition) is 4. The van der Waals surface area contributed by atoms with Gasteiger partial charge in [0.1, 0.15) is 11.0 Å². The Hall–Kier alpha value is -1.68. The van der Waals surface area contributed by atoms with Crippen LogP contribution in [0.4, 0.5) is 0 Å². The van der Waals surface area contributed by atoms with Crippen molar-refractivity contribution < 1.29 is 4.63 Å². The van der Waals surface area contributed by atoms with Crippen LogP contribution in [0.3, 0.4) is 0 Å². The maximum atomic E-state index is 4.74. The van der Waals surface area contributed by atoms with Gasteiger partial charge in [0.15, 0.2) is 0 Å². The van der Waals surface area contributed by atoms with Gasteiger partial charge in [-0.05, 0) is 35.4 Å². The number of benzene rings is 1. The monoisotopic (exact) mass is 276 g/mol. The van der Waals surface area contributed by atoms with Crippen LogP contribution in [0.15, 0.2) is 35.0 Å². The van der Waals surface area contributed by atoms with Crippen LogP contribution in [0.25, 0.3) is 21.5 Å². The summed E-state index contributed by atoms with van der Waals surface area (Å²) < 4.78 is 4.74. The van der Waals surface area contributed by atoms with Gasteiger partial charge in [0.2, 0.25) is 0 Å². The summed E-state index contributed by atoms with van der Waals surface area (Å²) in [6.07, 6.45) is 0. The van der Waals surface area contributed by atoms with Crippen molar-refractivity contribution in [2.24, 2.45) is 0 Å². The molecule has 0 bridgehead atoms. The first-order valence-corrected chi connectivity index (χ1v) is 7.44. The highest BCUT2D eigenvalue weighted by Gasteiger charge is 2.09. The van der Waals surface area contributed by atoms with Crippen LogP contribution in [0.5, 0.6) is 0 Å². The standard InChI is InChI=1S/C11H8N2OS.2C2H6/c1-7-5-6-10(15-7)8-3-2-4-9-11(8)13-14-12-9;2*1-2/h2-6H,1H3;2*1-2H3. The zero-order valence-corrected chi connectivity index (χ0v) is 12.9. The van der Waals surface area contributed by atoms with E-state index < -0.39 is 0 Å². The van der Waals surface area contributed by atoms with Crippen LogP contribution < -0.4 is 0 Å². The Labute approximate surface area is 118 Å². The van der Waals surface area contributed by atoms with Crippen molar-refractivity contribution in [3.05, 3.63) is 35.2 Å². The molecule has 2 aromatic heterocycles. The minimum absolute atomic E-state index is 0.804. The van der Waals surface area contributed by atoms with Gasteiger partial charge < -0.3 is 0 Å². The second kappa shape index (κ2) is 7.69. The lowest BCUT2D eigenvalue weighted by Gasteiger charge is -1.95. The Morgan fingerprint density at radius 1 is 0.947 bits per heavy atom. The third-order valence-corrected chi connectivity index (χ3v) is 3.33. The van der Waals surface area contributed by atoms with Crippen LogP contribution in [0.1, 0.15) is 32.6 Å². The molecule has 0 aliphatic heterocycles. The van der Waals surface area contributed by atoms with E-state index in [-0.39, 0.29) is 0 Å². The SMILES string of the molecule is CC.CC.Cc1ccc(-c2cccc3nonc23)s1. The van der Waals surface area contributed by atoms with Crippen LogP contribution in [0.2, 0.25) is 0 Å². The van der Waals surface area contributed by atoms with E-state index in [9.17, 15) is 0 Å². The molecule has 0 aliphatic rings. The average molecular weight is 276 g/mol. The fraction of sp³-hybridized carbons (Fsp3) is 0.333. The van der Waals surface area contributed by atoms with Gasteiger partial charge in [0, 0.05) is 15.3 Å². The van der Waals surface area contributed by atoms with Gasteiger partial charge in [-0.2, -0.15) is 0 Å². The van der Waals surface area contributed by atoms with Crippen molar-refractivity contribution in [2.45, 2.75) is 34.6 Å². The molecular weight excluding hydrogens is 256 g/mol. The van der Waals surface area contributed by atoms with Crippen molar-refractivity contribution in [1.29, 1.82) is 0 Å². The summed E-state index contributed by atoms with van der Waals surface area (Å²) in [5, 5.41) is 7.76. The highest BCUT2D eigenvalue weighted by molar-refractivity contribution is 7.15. The lowest BCUT2D eigenvalue weighted by molar-refractivity contribution is 0.315. The number of aromatic nitrogens is 2. The van der Waals surface area contributed by atoms with Crippen molar-refractivity contribution >= 4 is 22.4 Å².